The molecule has 2 rings (SSSR count). The summed E-state index contributed by atoms with van der Waals surface area (Å²) in [5.74, 6) is -0.459. The number of ether oxygens (including phenoxy) is 1. The Hall–Kier alpha value is -3.35. The third-order valence-electron chi connectivity index (χ3n) is 3.58. The lowest BCUT2D eigenvalue weighted by Crippen LogP contribution is -2.22. The van der Waals surface area contributed by atoms with E-state index in [0.717, 1.165) is 5.69 Å². The van der Waals surface area contributed by atoms with Crippen LogP contribution in [0.15, 0.2) is 48.5 Å². The van der Waals surface area contributed by atoms with E-state index in [2.05, 4.69) is 15.4 Å². The van der Waals surface area contributed by atoms with Crippen molar-refractivity contribution < 1.29 is 19.1 Å². The fourth-order valence-electron chi connectivity index (χ4n) is 2.10. The molecule has 3 amide bonds. The van der Waals surface area contributed by atoms with E-state index in [-0.39, 0.29) is 11.8 Å². The molecule has 2 N–H and O–H groups in total. The van der Waals surface area contributed by atoms with E-state index in [0.29, 0.717) is 16.9 Å². The molecule has 130 valence electrons. The molecular weight excluding hydrogens is 322 g/mol. The first-order valence-electron chi connectivity index (χ1n) is 7.52. The van der Waals surface area contributed by atoms with E-state index in [1.807, 2.05) is 0 Å². The van der Waals surface area contributed by atoms with Crippen molar-refractivity contribution in [3.63, 3.8) is 0 Å². The predicted molar refractivity (Wildman–Crippen MR) is 95.9 cm³/mol. The molecule has 7 nitrogen and oxygen atoms in total. The fourth-order valence-corrected chi connectivity index (χ4v) is 2.10. The summed E-state index contributed by atoms with van der Waals surface area (Å²) in [6, 6.07) is 13.5. The smallest absolute Gasteiger partial charge is 0.411 e. The number of hydrogen-bond donors (Lipinski definition) is 2. The lowest BCUT2D eigenvalue weighted by atomic mass is 10.1. The Morgan fingerprint density at radius 1 is 0.960 bits per heavy atom. The Kier molecular flexibility index (Phi) is 5.73. The highest BCUT2D eigenvalue weighted by Gasteiger charge is 2.13. The summed E-state index contributed by atoms with van der Waals surface area (Å²) in [5, 5.41) is 5.25. The number of rotatable bonds is 4. The Morgan fingerprint density at radius 3 is 2.20 bits per heavy atom. The van der Waals surface area contributed by atoms with E-state index in [1.165, 1.54) is 18.9 Å². The first-order valence-corrected chi connectivity index (χ1v) is 7.52. The van der Waals surface area contributed by atoms with Gasteiger partial charge in [0.25, 0.3) is 5.91 Å². The normalized spacial score (nSPS) is 9.88. The van der Waals surface area contributed by atoms with Gasteiger partial charge in [0, 0.05) is 25.3 Å². The summed E-state index contributed by atoms with van der Waals surface area (Å²) in [6.07, 6.45) is -0.656. The number of carbonyl (C=O) groups excluding carboxylic acids is 3. The van der Waals surface area contributed by atoms with Crippen LogP contribution in [0.2, 0.25) is 0 Å². The maximum Gasteiger partial charge on any atom is 0.411 e. The number of methoxy groups -OCH3 is 1. The number of para-hydroxylation sites is 1. The van der Waals surface area contributed by atoms with Gasteiger partial charge in [0.1, 0.15) is 0 Å². The van der Waals surface area contributed by atoms with Crippen molar-refractivity contribution in [2.45, 2.75) is 6.92 Å². The molecule has 2 aromatic carbocycles. The molecule has 25 heavy (non-hydrogen) atoms. The summed E-state index contributed by atoms with van der Waals surface area (Å²) in [7, 11) is 2.92. The van der Waals surface area contributed by atoms with Crippen LogP contribution >= 0.6 is 0 Å². The largest absolute Gasteiger partial charge is 0.453 e. The highest BCUT2D eigenvalue weighted by atomic mass is 16.5. The molecule has 0 aromatic heterocycles. The second-order valence-corrected chi connectivity index (χ2v) is 5.24. The topological polar surface area (TPSA) is 87.7 Å². The number of nitrogens with one attached hydrogen (secondary N) is 2. The van der Waals surface area contributed by atoms with Crippen molar-refractivity contribution in [1.29, 1.82) is 0 Å². The molecule has 0 saturated carbocycles. The number of benzene rings is 2. The third-order valence-corrected chi connectivity index (χ3v) is 3.58. The molecule has 0 aliphatic rings. The standard InChI is InChI=1S/C18H19N3O4/c1-12(22)21(2)14-10-8-13(9-11-14)19-17(23)15-6-4-5-7-16(15)20-18(24)25-3/h4-11H,1-3H3,(H,19,23)(H,20,24). The zero-order valence-corrected chi connectivity index (χ0v) is 14.2. The van der Waals surface area contributed by atoms with Crippen molar-refractivity contribution in [3.8, 4) is 0 Å². The molecule has 0 spiro atoms. The van der Waals surface area contributed by atoms with Gasteiger partial charge in [-0.2, -0.15) is 0 Å². The van der Waals surface area contributed by atoms with E-state index < -0.39 is 6.09 Å². The molecule has 0 atom stereocenters. The summed E-state index contributed by atoms with van der Waals surface area (Å²) < 4.78 is 4.55. The van der Waals surface area contributed by atoms with Gasteiger partial charge in [-0.25, -0.2) is 4.79 Å². The first kappa shape index (κ1) is 18.0. The number of hydrogen-bond acceptors (Lipinski definition) is 4. The SMILES string of the molecule is COC(=O)Nc1ccccc1C(=O)Nc1ccc(N(C)C(C)=O)cc1. The molecule has 0 aliphatic heterocycles. The Labute approximate surface area is 145 Å². The summed E-state index contributed by atoms with van der Waals surface area (Å²) in [5.41, 5.74) is 1.94. The molecule has 0 bridgehead atoms. The molecule has 0 heterocycles. The molecule has 0 aliphatic carbocycles. The average molecular weight is 341 g/mol. The van der Waals surface area contributed by atoms with Gasteiger partial charge in [0.2, 0.25) is 5.91 Å². The first-order chi connectivity index (χ1) is 11.9. The van der Waals surface area contributed by atoms with E-state index in [4.69, 9.17) is 0 Å². The van der Waals surface area contributed by atoms with Gasteiger partial charge >= 0.3 is 6.09 Å². The Bertz CT molecular complexity index is 787. The van der Waals surface area contributed by atoms with Crippen molar-refractivity contribution in [1.82, 2.24) is 0 Å². The van der Waals surface area contributed by atoms with Crippen LogP contribution in [0.1, 0.15) is 17.3 Å². The van der Waals surface area contributed by atoms with Crippen LogP contribution in [0.4, 0.5) is 21.9 Å². The van der Waals surface area contributed by atoms with Crippen LogP contribution in [0, 0.1) is 0 Å². The van der Waals surface area contributed by atoms with E-state index >= 15 is 0 Å². The Morgan fingerprint density at radius 2 is 1.60 bits per heavy atom. The van der Waals surface area contributed by atoms with Crippen LogP contribution in [0.3, 0.4) is 0 Å². The Balaban J connectivity index is 2.15. The molecule has 7 heteroatoms. The average Bonchev–Trinajstić information content (AvgIpc) is 2.61. The zero-order valence-electron chi connectivity index (χ0n) is 14.2. The van der Waals surface area contributed by atoms with Crippen molar-refractivity contribution in [2.24, 2.45) is 0 Å². The van der Waals surface area contributed by atoms with Gasteiger partial charge in [-0.3, -0.25) is 14.9 Å². The number of anilines is 3. The molecule has 2 aromatic rings. The van der Waals surface area contributed by atoms with Gasteiger partial charge in [-0.15, -0.1) is 0 Å². The third kappa shape index (κ3) is 4.57. The second kappa shape index (κ2) is 7.96. The number of carbonyl (C=O) groups is 3. The second-order valence-electron chi connectivity index (χ2n) is 5.24. The quantitative estimate of drug-likeness (QED) is 0.894. The minimum absolute atomic E-state index is 0.0837. The van der Waals surface area contributed by atoms with Crippen LogP contribution in [0.25, 0.3) is 0 Å². The molecule has 0 fully saturated rings. The van der Waals surface area contributed by atoms with Crippen LogP contribution in [0.5, 0.6) is 0 Å². The van der Waals surface area contributed by atoms with Gasteiger partial charge in [0.05, 0.1) is 18.4 Å². The van der Waals surface area contributed by atoms with Gasteiger partial charge in [-0.1, -0.05) is 12.1 Å². The van der Waals surface area contributed by atoms with Crippen molar-refractivity contribution in [3.05, 3.63) is 54.1 Å². The molecule has 0 radical (unpaired) electrons. The predicted octanol–water partition coefficient (Wildman–Crippen LogP) is 3.10. The highest BCUT2D eigenvalue weighted by molar-refractivity contribution is 6.09. The van der Waals surface area contributed by atoms with Gasteiger partial charge < -0.3 is 15.0 Å². The fraction of sp³-hybridized carbons (Fsp3) is 0.167. The molecule has 0 saturated heterocycles. The van der Waals surface area contributed by atoms with E-state index in [9.17, 15) is 14.4 Å². The van der Waals surface area contributed by atoms with Crippen molar-refractivity contribution in [2.75, 3.05) is 29.7 Å². The molecular formula is C18H19N3O4. The minimum atomic E-state index is -0.656. The summed E-state index contributed by atoms with van der Waals surface area (Å²) in [4.78, 5) is 36.7. The van der Waals surface area contributed by atoms with Crippen LogP contribution in [-0.4, -0.2) is 32.1 Å². The maximum atomic E-state index is 12.5. The minimum Gasteiger partial charge on any atom is -0.453 e. The monoisotopic (exact) mass is 341 g/mol. The zero-order chi connectivity index (χ0) is 18.4. The van der Waals surface area contributed by atoms with E-state index in [1.54, 1.807) is 55.6 Å². The summed E-state index contributed by atoms with van der Waals surface area (Å²) >= 11 is 0. The number of amides is 3. The van der Waals surface area contributed by atoms with Crippen LogP contribution in [-0.2, 0) is 9.53 Å². The molecule has 0 unspecified atom stereocenters. The number of nitrogens with zero attached hydrogens (tertiary/aromatic N) is 1. The van der Waals surface area contributed by atoms with Gasteiger partial charge in [-0.05, 0) is 36.4 Å². The lowest BCUT2D eigenvalue weighted by Gasteiger charge is -2.15. The van der Waals surface area contributed by atoms with Gasteiger partial charge in [0.15, 0.2) is 0 Å². The highest BCUT2D eigenvalue weighted by Crippen LogP contribution is 2.20. The lowest BCUT2D eigenvalue weighted by molar-refractivity contribution is -0.116. The van der Waals surface area contributed by atoms with Crippen LogP contribution < -0.4 is 15.5 Å². The summed E-state index contributed by atoms with van der Waals surface area (Å²) in [6.45, 7) is 1.47. The maximum absolute atomic E-state index is 12.5. The van der Waals surface area contributed by atoms with Crippen molar-refractivity contribution >= 4 is 35.0 Å².